The summed E-state index contributed by atoms with van der Waals surface area (Å²) in [7, 11) is 0. The molecule has 0 spiro atoms. The summed E-state index contributed by atoms with van der Waals surface area (Å²) in [6.45, 7) is 8.85. The molecule has 3 rings (SSSR count). The van der Waals surface area contributed by atoms with Gasteiger partial charge < -0.3 is 20.0 Å². The molecule has 0 aliphatic rings. The van der Waals surface area contributed by atoms with Crippen molar-refractivity contribution in [3.05, 3.63) is 70.1 Å². The van der Waals surface area contributed by atoms with Crippen molar-refractivity contribution in [2.45, 2.75) is 40.8 Å². The highest BCUT2D eigenvalue weighted by atomic mass is 16.3. The van der Waals surface area contributed by atoms with Crippen molar-refractivity contribution >= 4 is 11.7 Å². The van der Waals surface area contributed by atoms with E-state index in [1.54, 1.807) is 6.26 Å². The first-order valence-electron chi connectivity index (χ1n) is 8.56. The van der Waals surface area contributed by atoms with Gasteiger partial charge in [0.1, 0.15) is 11.6 Å². The third kappa shape index (κ3) is 3.49. The third-order valence-electron chi connectivity index (χ3n) is 4.71. The van der Waals surface area contributed by atoms with E-state index in [9.17, 15) is 4.79 Å². The molecule has 3 aromatic heterocycles. The quantitative estimate of drug-likeness (QED) is 0.738. The summed E-state index contributed by atoms with van der Waals surface area (Å²) in [5, 5.41) is 3.00. The van der Waals surface area contributed by atoms with E-state index in [4.69, 9.17) is 10.2 Å². The molecule has 0 aliphatic carbocycles. The van der Waals surface area contributed by atoms with E-state index in [0.717, 1.165) is 34.0 Å². The van der Waals surface area contributed by atoms with Crippen molar-refractivity contribution in [1.82, 2.24) is 14.9 Å². The highest BCUT2D eigenvalue weighted by Crippen LogP contribution is 2.19. The zero-order chi connectivity index (χ0) is 18.8. The van der Waals surface area contributed by atoms with E-state index in [1.165, 1.54) is 0 Å². The fourth-order valence-electron chi connectivity index (χ4n) is 3.25. The predicted molar refractivity (Wildman–Crippen MR) is 101 cm³/mol. The van der Waals surface area contributed by atoms with Gasteiger partial charge in [-0.2, -0.15) is 0 Å². The highest BCUT2D eigenvalue weighted by molar-refractivity contribution is 5.95. The first kappa shape index (κ1) is 17.8. The van der Waals surface area contributed by atoms with Crippen LogP contribution < -0.4 is 11.1 Å². The number of amides is 1. The van der Waals surface area contributed by atoms with Gasteiger partial charge in [0.15, 0.2) is 0 Å². The molecule has 0 saturated carbocycles. The molecule has 0 atom stereocenters. The van der Waals surface area contributed by atoms with E-state index in [-0.39, 0.29) is 5.91 Å². The molecule has 0 fully saturated rings. The lowest BCUT2D eigenvalue weighted by Gasteiger charge is -2.12. The summed E-state index contributed by atoms with van der Waals surface area (Å²) in [4.78, 5) is 17.0. The summed E-state index contributed by atoms with van der Waals surface area (Å²) in [6.07, 6.45) is 1.66. The van der Waals surface area contributed by atoms with Crippen LogP contribution in [0, 0.1) is 27.7 Å². The fourth-order valence-corrected chi connectivity index (χ4v) is 3.25. The van der Waals surface area contributed by atoms with E-state index < -0.39 is 0 Å². The fraction of sp³-hybridized carbons (Fsp3) is 0.300. The van der Waals surface area contributed by atoms with Gasteiger partial charge in [0, 0.05) is 23.6 Å². The number of aryl methyl sites for hydroxylation is 3. The van der Waals surface area contributed by atoms with Crippen LogP contribution in [0.2, 0.25) is 0 Å². The van der Waals surface area contributed by atoms with Gasteiger partial charge in [0.2, 0.25) is 0 Å². The number of aromatic nitrogens is 2. The minimum absolute atomic E-state index is 0.0978. The van der Waals surface area contributed by atoms with Gasteiger partial charge in [-0.3, -0.25) is 4.79 Å². The number of anilines is 1. The molecule has 26 heavy (non-hydrogen) atoms. The van der Waals surface area contributed by atoms with Gasteiger partial charge in [-0.25, -0.2) is 4.98 Å². The molecular weight excluding hydrogens is 328 g/mol. The van der Waals surface area contributed by atoms with Gasteiger partial charge in [0.25, 0.3) is 5.91 Å². The number of hydrogen-bond acceptors (Lipinski definition) is 4. The second kappa shape index (κ2) is 7.07. The number of nitrogens with one attached hydrogen (secondary N) is 1. The number of pyridine rings is 1. The zero-order valence-corrected chi connectivity index (χ0v) is 15.6. The zero-order valence-electron chi connectivity index (χ0n) is 15.6. The van der Waals surface area contributed by atoms with Gasteiger partial charge in [-0.1, -0.05) is 0 Å². The van der Waals surface area contributed by atoms with Gasteiger partial charge in [-0.05, 0) is 63.1 Å². The number of hydrogen-bond donors (Lipinski definition) is 2. The summed E-state index contributed by atoms with van der Waals surface area (Å²) in [5.74, 6) is 1.26. The maximum atomic E-state index is 12.7. The van der Waals surface area contributed by atoms with E-state index >= 15 is 0 Å². The number of furan rings is 1. The summed E-state index contributed by atoms with van der Waals surface area (Å²) < 4.78 is 7.50. The molecule has 0 bridgehead atoms. The molecule has 0 unspecified atom stereocenters. The molecule has 0 radical (unpaired) electrons. The van der Waals surface area contributed by atoms with Crippen LogP contribution in [0.1, 0.15) is 44.3 Å². The Bertz CT molecular complexity index is 916. The Morgan fingerprint density at radius 3 is 2.69 bits per heavy atom. The lowest BCUT2D eigenvalue weighted by Crippen LogP contribution is -2.24. The average molecular weight is 352 g/mol. The van der Waals surface area contributed by atoms with Crippen molar-refractivity contribution in [2.24, 2.45) is 0 Å². The number of nitrogens with zero attached hydrogens (tertiary/aromatic N) is 2. The second-order valence-corrected chi connectivity index (χ2v) is 6.56. The molecule has 3 heterocycles. The third-order valence-corrected chi connectivity index (χ3v) is 4.71. The molecule has 136 valence electrons. The van der Waals surface area contributed by atoms with Crippen LogP contribution in [0.25, 0.3) is 0 Å². The van der Waals surface area contributed by atoms with E-state index in [2.05, 4.69) is 14.9 Å². The van der Waals surface area contributed by atoms with Gasteiger partial charge >= 0.3 is 0 Å². The molecule has 0 aliphatic heterocycles. The number of nitrogens with two attached hydrogens (primary N) is 1. The topological polar surface area (TPSA) is 86.1 Å². The van der Waals surface area contributed by atoms with Crippen molar-refractivity contribution in [3.8, 4) is 0 Å². The minimum Gasteiger partial charge on any atom is -0.467 e. The number of carbonyl (C=O) groups excluding carboxylic acids is 1. The first-order valence-corrected chi connectivity index (χ1v) is 8.56. The molecule has 0 aromatic carbocycles. The maximum Gasteiger partial charge on any atom is 0.253 e. The van der Waals surface area contributed by atoms with Crippen LogP contribution in [0.4, 0.5) is 5.82 Å². The number of nitrogen functional groups attached to an aromatic ring is 1. The molecular formula is C20H24N4O2. The lowest BCUT2D eigenvalue weighted by molar-refractivity contribution is 0.0950. The molecule has 6 nitrogen and oxygen atoms in total. The van der Waals surface area contributed by atoms with Crippen LogP contribution in [-0.2, 0) is 13.1 Å². The Morgan fingerprint density at radius 1 is 1.27 bits per heavy atom. The van der Waals surface area contributed by atoms with Crippen LogP contribution in [0.5, 0.6) is 0 Å². The molecule has 1 amide bonds. The van der Waals surface area contributed by atoms with Crippen molar-refractivity contribution < 1.29 is 9.21 Å². The Kier molecular flexibility index (Phi) is 4.84. The van der Waals surface area contributed by atoms with Crippen LogP contribution in [-0.4, -0.2) is 15.5 Å². The largest absolute Gasteiger partial charge is 0.467 e. The smallest absolute Gasteiger partial charge is 0.253 e. The van der Waals surface area contributed by atoms with Crippen molar-refractivity contribution in [1.29, 1.82) is 0 Å². The standard InChI is InChI=1S/C20H24N4O2/c1-12-8-19(21)23-14(3)18(12)10-22-20(25)17-9-13(2)24(15(17)4)11-16-6-5-7-26-16/h5-9H,10-11H2,1-4H3,(H2,21,23)(H,22,25). The first-order chi connectivity index (χ1) is 12.4. The van der Waals surface area contributed by atoms with Crippen LogP contribution >= 0.6 is 0 Å². The molecule has 3 N–H and O–H groups in total. The van der Waals surface area contributed by atoms with Crippen LogP contribution in [0.3, 0.4) is 0 Å². The van der Waals surface area contributed by atoms with Crippen molar-refractivity contribution in [2.75, 3.05) is 5.73 Å². The summed E-state index contributed by atoms with van der Waals surface area (Å²) in [5.41, 5.74) is 11.2. The van der Waals surface area contributed by atoms with Gasteiger partial charge in [0.05, 0.1) is 18.4 Å². The Balaban J connectivity index is 1.77. The highest BCUT2D eigenvalue weighted by Gasteiger charge is 2.17. The Morgan fingerprint density at radius 2 is 2.04 bits per heavy atom. The minimum atomic E-state index is -0.0978. The summed E-state index contributed by atoms with van der Waals surface area (Å²) >= 11 is 0. The monoisotopic (exact) mass is 352 g/mol. The van der Waals surface area contributed by atoms with E-state index in [0.29, 0.717) is 24.5 Å². The SMILES string of the molecule is Cc1cc(N)nc(C)c1CNC(=O)c1cc(C)n(Cc2ccco2)c1C. The van der Waals surface area contributed by atoms with Gasteiger partial charge in [-0.15, -0.1) is 0 Å². The van der Waals surface area contributed by atoms with E-state index in [1.807, 2.05) is 52.0 Å². The second-order valence-electron chi connectivity index (χ2n) is 6.56. The van der Waals surface area contributed by atoms with Crippen LogP contribution in [0.15, 0.2) is 34.9 Å². The maximum absolute atomic E-state index is 12.7. The predicted octanol–water partition coefficient (Wildman–Crippen LogP) is 3.27. The Hall–Kier alpha value is -3.02. The average Bonchev–Trinajstić information content (AvgIpc) is 3.17. The summed E-state index contributed by atoms with van der Waals surface area (Å²) in [6, 6.07) is 7.53. The normalized spacial score (nSPS) is 10.9. The number of rotatable bonds is 5. The molecule has 6 heteroatoms. The molecule has 0 saturated heterocycles. The lowest BCUT2D eigenvalue weighted by atomic mass is 10.1. The Labute approximate surface area is 153 Å². The van der Waals surface area contributed by atoms with Crippen molar-refractivity contribution in [3.63, 3.8) is 0 Å². The molecule has 3 aromatic rings. The number of carbonyl (C=O) groups is 1.